The highest BCUT2D eigenvalue weighted by molar-refractivity contribution is 9.28. The molecule has 0 aliphatic heterocycles. The van der Waals surface area contributed by atoms with Gasteiger partial charge in [-0.3, -0.25) is 4.79 Å². The molecule has 0 aromatic heterocycles. The Balaban J connectivity index is 1.84. The van der Waals surface area contributed by atoms with Crippen LogP contribution >= 0.6 is 31.9 Å². The fraction of sp³-hybridized carbons (Fsp3) is 0.320. The molecule has 0 radical (unpaired) electrons. The van der Waals surface area contributed by atoms with E-state index in [4.69, 9.17) is 9.47 Å². The van der Waals surface area contributed by atoms with E-state index >= 15 is 0 Å². The Hall–Kier alpha value is -2.24. The number of carbonyl (C=O) groups is 1. The molecule has 0 heterocycles. The third-order valence-corrected chi connectivity index (χ3v) is 5.89. The standard InChI is InChI=1S/C25H21Br2F3O3/c1-24(2)19(15-21(26)27)22(24)23(31)33-20(12-7-13-25(28,29)30)16-8-6-11-18(14-16)32-17-9-4-3-5-10-17/h3-6,8-11,14-15,19-20,22H,13H2,1-2H3/t19-,20+,22-/m0/s1. The summed E-state index contributed by atoms with van der Waals surface area (Å²) in [5.74, 6) is 4.61. The lowest BCUT2D eigenvalue weighted by Crippen LogP contribution is -2.15. The van der Waals surface area contributed by atoms with Crippen LogP contribution in [0.4, 0.5) is 13.2 Å². The molecule has 1 aliphatic carbocycles. The highest BCUT2D eigenvalue weighted by atomic mass is 79.9. The SMILES string of the molecule is CC1(C)[C@H](C(=O)O[C@H](C#CCC(F)(F)F)c2cccc(Oc3ccccc3)c2)[C@@H]1C=C(Br)Br. The van der Waals surface area contributed by atoms with E-state index in [0.717, 1.165) is 3.39 Å². The maximum absolute atomic E-state index is 12.9. The number of carbonyl (C=O) groups excluding carboxylic acids is 1. The first kappa shape index (κ1) is 25.4. The normalized spacial score (nSPS) is 19.5. The number of benzene rings is 2. The van der Waals surface area contributed by atoms with Crippen molar-refractivity contribution in [3.8, 4) is 23.3 Å². The number of allylic oxidation sites excluding steroid dienone is 1. The molecule has 3 atom stereocenters. The maximum Gasteiger partial charge on any atom is 0.399 e. The van der Waals surface area contributed by atoms with E-state index in [1.165, 1.54) is 0 Å². The lowest BCUT2D eigenvalue weighted by molar-refractivity contribution is -0.149. The summed E-state index contributed by atoms with van der Waals surface area (Å²) in [6, 6.07) is 15.7. The largest absolute Gasteiger partial charge is 0.457 e. The molecule has 0 spiro atoms. The van der Waals surface area contributed by atoms with Crippen LogP contribution in [0.25, 0.3) is 0 Å². The topological polar surface area (TPSA) is 35.5 Å². The fourth-order valence-corrected chi connectivity index (χ4v) is 4.12. The Morgan fingerprint density at radius 1 is 1.12 bits per heavy atom. The van der Waals surface area contributed by atoms with Gasteiger partial charge in [-0.1, -0.05) is 62.1 Å². The molecule has 1 fully saturated rings. The summed E-state index contributed by atoms with van der Waals surface area (Å²) >= 11 is 6.60. The van der Waals surface area contributed by atoms with Gasteiger partial charge in [-0.05, 0) is 67.5 Å². The zero-order chi connectivity index (χ0) is 24.2. The van der Waals surface area contributed by atoms with E-state index in [2.05, 4.69) is 43.7 Å². The third-order valence-electron chi connectivity index (χ3n) is 5.37. The second-order valence-electron chi connectivity index (χ2n) is 8.20. The number of rotatable bonds is 6. The lowest BCUT2D eigenvalue weighted by atomic mass is 10.1. The molecule has 3 nitrogen and oxygen atoms in total. The summed E-state index contributed by atoms with van der Waals surface area (Å²) in [5, 5.41) is 0. The third kappa shape index (κ3) is 7.12. The quantitative estimate of drug-likeness (QED) is 0.255. The molecule has 2 aromatic carbocycles. The number of alkyl halides is 3. The molecule has 1 saturated carbocycles. The van der Waals surface area contributed by atoms with E-state index < -0.39 is 30.6 Å². The van der Waals surface area contributed by atoms with Crippen LogP contribution in [0.2, 0.25) is 0 Å². The summed E-state index contributed by atoms with van der Waals surface area (Å²) in [6.45, 7) is 3.86. The van der Waals surface area contributed by atoms with Gasteiger partial charge in [0.1, 0.15) is 17.9 Å². The molecule has 3 rings (SSSR count). The van der Waals surface area contributed by atoms with E-state index in [1.807, 2.05) is 38.1 Å². The van der Waals surface area contributed by atoms with Crippen molar-refractivity contribution in [2.24, 2.45) is 17.3 Å². The number of hydrogen-bond acceptors (Lipinski definition) is 3. The van der Waals surface area contributed by atoms with Crippen molar-refractivity contribution in [1.82, 2.24) is 0 Å². The molecule has 0 N–H and O–H groups in total. The summed E-state index contributed by atoms with van der Waals surface area (Å²) in [6.07, 6.45) is -5.02. The van der Waals surface area contributed by atoms with Crippen LogP contribution in [0, 0.1) is 29.1 Å². The lowest BCUT2D eigenvalue weighted by Gasteiger charge is -2.15. The van der Waals surface area contributed by atoms with E-state index in [-0.39, 0.29) is 11.3 Å². The van der Waals surface area contributed by atoms with Gasteiger partial charge in [-0.2, -0.15) is 13.2 Å². The molecule has 0 unspecified atom stereocenters. The molecule has 0 saturated heterocycles. The minimum absolute atomic E-state index is 0.0738. The number of para-hydroxylation sites is 1. The number of ether oxygens (including phenoxy) is 2. The number of hydrogen-bond donors (Lipinski definition) is 0. The molecular formula is C25H21Br2F3O3. The molecule has 8 heteroatoms. The van der Waals surface area contributed by atoms with Crippen molar-refractivity contribution in [2.75, 3.05) is 0 Å². The molecule has 33 heavy (non-hydrogen) atoms. The van der Waals surface area contributed by atoms with Crippen molar-refractivity contribution < 1.29 is 27.4 Å². The zero-order valence-corrected chi connectivity index (χ0v) is 21.0. The second-order valence-corrected chi connectivity index (χ2v) is 11.0. The highest BCUT2D eigenvalue weighted by Crippen LogP contribution is 2.60. The minimum Gasteiger partial charge on any atom is -0.457 e. The maximum atomic E-state index is 12.9. The second kappa shape index (κ2) is 10.4. The highest BCUT2D eigenvalue weighted by Gasteiger charge is 2.61. The van der Waals surface area contributed by atoms with Crippen LogP contribution in [-0.4, -0.2) is 12.1 Å². The number of esters is 1. The van der Waals surface area contributed by atoms with Crippen LogP contribution in [0.15, 0.2) is 64.1 Å². The van der Waals surface area contributed by atoms with Gasteiger partial charge in [0, 0.05) is 5.56 Å². The van der Waals surface area contributed by atoms with E-state index in [9.17, 15) is 18.0 Å². The van der Waals surface area contributed by atoms with Crippen LogP contribution in [0.1, 0.15) is 31.9 Å². The molecule has 0 amide bonds. The number of halogens is 5. The summed E-state index contributed by atoms with van der Waals surface area (Å²) in [5.41, 5.74) is 0.0881. The van der Waals surface area contributed by atoms with Crippen LogP contribution in [0.3, 0.4) is 0 Å². The van der Waals surface area contributed by atoms with E-state index in [0.29, 0.717) is 17.1 Å². The van der Waals surface area contributed by atoms with Gasteiger partial charge >= 0.3 is 12.1 Å². The Morgan fingerprint density at radius 2 is 1.79 bits per heavy atom. The van der Waals surface area contributed by atoms with Gasteiger partial charge in [-0.15, -0.1) is 0 Å². The predicted octanol–water partition coefficient (Wildman–Crippen LogP) is 7.92. The Morgan fingerprint density at radius 3 is 2.42 bits per heavy atom. The van der Waals surface area contributed by atoms with Crippen LogP contribution in [-0.2, 0) is 9.53 Å². The van der Waals surface area contributed by atoms with Gasteiger partial charge in [0.2, 0.25) is 0 Å². The first-order valence-corrected chi connectivity index (χ1v) is 11.7. The van der Waals surface area contributed by atoms with E-state index in [1.54, 1.807) is 36.4 Å². The van der Waals surface area contributed by atoms with Crippen molar-refractivity contribution in [3.63, 3.8) is 0 Å². The van der Waals surface area contributed by atoms with Gasteiger partial charge in [0.15, 0.2) is 6.10 Å². The molecule has 2 aromatic rings. The molecule has 0 bridgehead atoms. The van der Waals surface area contributed by atoms with Crippen molar-refractivity contribution >= 4 is 37.8 Å². The average molecular weight is 586 g/mol. The van der Waals surface area contributed by atoms with Gasteiger partial charge in [0.05, 0.1) is 9.31 Å². The van der Waals surface area contributed by atoms with Gasteiger partial charge < -0.3 is 9.47 Å². The zero-order valence-electron chi connectivity index (χ0n) is 17.8. The van der Waals surface area contributed by atoms with Gasteiger partial charge in [-0.25, -0.2) is 0 Å². The van der Waals surface area contributed by atoms with Crippen molar-refractivity contribution in [3.05, 3.63) is 69.6 Å². The minimum atomic E-state index is -4.43. The fourth-order valence-electron chi connectivity index (χ4n) is 3.55. The molecule has 174 valence electrons. The van der Waals surface area contributed by atoms with Crippen LogP contribution in [0.5, 0.6) is 11.5 Å². The van der Waals surface area contributed by atoms with Crippen LogP contribution < -0.4 is 4.74 Å². The van der Waals surface area contributed by atoms with Gasteiger partial charge in [0.25, 0.3) is 0 Å². The molecule has 1 aliphatic rings. The monoisotopic (exact) mass is 584 g/mol. The Labute approximate surface area is 207 Å². The summed E-state index contributed by atoms with van der Waals surface area (Å²) < 4.78 is 50.1. The Kier molecular flexibility index (Phi) is 7.96. The van der Waals surface area contributed by atoms with Crippen molar-refractivity contribution in [2.45, 2.75) is 32.5 Å². The summed E-state index contributed by atoms with van der Waals surface area (Å²) in [4.78, 5) is 12.9. The summed E-state index contributed by atoms with van der Waals surface area (Å²) in [7, 11) is 0. The Bertz CT molecular complexity index is 1080. The average Bonchev–Trinajstić information content (AvgIpc) is 3.26. The smallest absolute Gasteiger partial charge is 0.399 e. The first-order chi connectivity index (χ1) is 15.5. The van der Waals surface area contributed by atoms with Crippen molar-refractivity contribution in [1.29, 1.82) is 0 Å². The molecular weight excluding hydrogens is 565 g/mol. The first-order valence-electron chi connectivity index (χ1n) is 10.1. The predicted molar refractivity (Wildman–Crippen MR) is 127 cm³/mol.